The van der Waals surface area contributed by atoms with Gasteiger partial charge in [0.15, 0.2) is 0 Å². The molecule has 4 rings (SSSR count). The molecule has 4 heterocycles. The van der Waals surface area contributed by atoms with E-state index in [-0.39, 0.29) is 11.9 Å². The van der Waals surface area contributed by atoms with Crippen LogP contribution in [-0.2, 0) is 10.9 Å². The maximum atomic E-state index is 13.2. The van der Waals surface area contributed by atoms with Gasteiger partial charge in [-0.2, -0.15) is 13.2 Å². The van der Waals surface area contributed by atoms with Gasteiger partial charge in [-0.1, -0.05) is 0 Å². The molecular formula is C19H22F3N5O. The van der Waals surface area contributed by atoms with E-state index in [1.54, 1.807) is 6.20 Å². The second kappa shape index (κ2) is 7.90. The summed E-state index contributed by atoms with van der Waals surface area (Å²) in [7, 11) is 0. The number of hydrogen-bond donors (Lipinski definition) is 1. The van der Waals surface area contributed by atoms with E-state index >= 15 is 0 Å². The molecule has 150 valence electrons. The quantitative estimate of drug-likeness (QED) is 0.858. The molecule has 2 saturated heterocycles. The summed E-state index contributed by atoms with van der Waals surface area (Å²) in [6, 6.07) is 4.13. The molecule has 2 aromatic heterocycles. The van der Waals surface area contributed by atoms with Gasteiger partial charge in [-0.15, -0.1) is 0 Å². The molecule has 2 aromatic rings. The zero-order valence-electron chi connectivity index (χ0n) is 15.3. The lowest BCUT2D eigenvalue weighted by molar-refractivity contribution is -0.137. The van der Waals surface area contributed by atoms with Crippen molar-refractivity contribution < 1.29 is 17.9 Å². The molecule has 0 radical (unpaired) electrons. The van der Waals surface area contributed by atoms with Gasteiger partial charge in [-0.25, -0.2) is 15.0 Å². The van der Waals surface area contributed by atoms with Crippen molar-refractivity contribution in [1.29, 1.82) is 0 Å². The molecule has 1 atom stereocenters. The van der Waals surface area contributed by atoms with Crippen molar-refractivity contribution in [3.8, 4) is 0 Å². The average Bonchev–Trinajstić information content (AvgIpc) is 3.17. The highest BCUT2D eigenvalue weighted by molar-refractivity contribution is 5.47. The number of nitrogens with one attached hydrogen (secondary N) is 1. The normalized spacial score (nSPS) is 21.1. The minimum absolute atomic E-state index is 0.126. The number of rotatable bonds is 4. The fourth-order valence-electron chi connectivity index (χ4n) is 3.74. The number of nitrogens with zero attached hydrogens (tertiary/aromatic N) is 4. The molecule has 0 bridgehead atoms. The number of halogens is 3. The van der Waals surface area contributed by atoms with Gasteiger partial charge in [0.2, 0.25) is 5.95 Å². The molecule has 9 heteroatoms. The molecule has 0 aliphatic carbocycles. The molecule has 0 saturated carbocycles. The van der Waals surface area contributed by atoms with E-state index in [2.05, 4.69) is 15.3 Å². The van der Waals surface area contributed by atoms with E-state index in [4.69, 9.17) is 9.72 Å². The van der Waals surface area contributed by atoms with E-state index in [9.17, 15) is 13.2 Å². The van der Waals surface area contributed by atoms with Gasteiger partial charge in [0.1, 0.15) is 5.82 Å². The number of anilines is 2. The van der Waals surface area contributed by atoms with Gasteiger partial charge in [-0.05, 0) is 37.5 Å². The lowest BCUT2D eigenvalue weighted by Crippen LogP contribution is -2.28. The topological polar surface area (TPSA) is 63.2 Å². The third kappa shape index (κ3) is 4.19. The van der Waals surface area contributed by atoms with Gasteiger partial charge in [0, 0.05) is 56.4 Å². The van der Waals surface area contributed by atoms with Crippen LogP contribution in [0, 0.1) is 0 Å². The summed E-state index contributed by atoms with van der Waals surface area (Å²) in [5, 5.41) is 2.95. The van der Waals surface area contributed by atoms with Crippen molar-refractivity contribution in [2.24, 2.45) is 0 Å². The SMILES string of the molecule is FC(F)(F)c1cccnc1NC1CCN(c2nccc(C3CCOCC3)n2)C1. The van der Waals surface area contributed by atoms with Crippen molar-refractivity contribution in [3.05, 3.63) is 41.9 Å². The number of pyridine rings is 1. The molecule has 2 aliphatic rings. The summed E-state index contributed by atoms with van der Waals surface area (Å²) in [6.45, 7) is 2.70. The Morgan fingerprint density at radius 2 is 1.89 bits per heavy atom. The fourth-order valence-corrected chi connectivity index (χ4v) is 3.74. The maximum Gasteiger partial charge on any atom is 0.419 e. The summed E-state index contributed by atoms with van der Waals surface area (Å²) in [4.78, 5) is 15.0. The lowest BCUT2D eigenvalue weighted by Gasteiger charge is -2.23. The highest BCUT2D eigenvalue weighted by Gasteiger charge is 2.35. The zero-order valence-corrected chi connectivity index (χ0v) is 15.3. The van der Waals surface area contributed by atoms with Crippen LogP contribution in [-0.4, -0.2) is 47.3 Å². The Morgan fingerprint density at radius 1 is 1.07 bits per heavy atom. The van der Waals surface area contributed by atoms with Crippen molar-refractivity contribution in [3.63, 3.8) is 0 Å². The molecule has 0 amide bonds. The number of hydrogen-bond acceptors (Lipinski definition) is 6. The minimum Gasteiger partial charge on any atom is -0.381 e. The highest BCUT2D eigenvalue weighted by Crippen LogP contribution is 2.34. The first-order valence-electron chi connectivity index (χ1n) is 9.45. The Kier molecular flexibility index (Phi) is 5.34. The van der Waals surface area contributed by atoms with Crippen molar-refractivity contribution in [1.82, 2.24) is 15.0 Å². The van der Waals surface area contributed by atoms with E-state index in [0.29, 0.717) is 31.4 Å². The summed E-state index contributed by atoms with van der Waals surface area (Å²) in [5.41, 5.74) is 0.264. The molecule has 0 spiro atoms. The molecule has 2 aliphatic heterocycles. The van der Waals surface area contributed by atoms with Crippen molar-refractivity contribution in [2.45, 2.75) is 37.4 Å². The van der Waals surface area contributed by atoms with Crippen molar-refractivity contribution in [2.75, 3.05) is 36.5 Å². The monoisotopic (exact) mass is 393 g/mol. The molecule has 1 unspecified atom stereocenters. The predicted octanol–water partition coefficient (Wildman–Crippen LogP) is 3.48. The average molecular weight is 393 g/mol. The third-order valence-corrected chi connectivity index (χ3v) is 5.23. The third-order valence-electron chi connectivity index (χ3n) is 5.23. The maximum absolute atomic E-state index is 13.2. The first-order chi connectivity index (χ1) is 13.5. The Morgan fingerprint density at radius 3 is 2.68 bits per heavy atom. The van der Waals surface area contributed by atoms with Crippen LogP contribution < -0.4 is 10.2 Å². The number of alkyl halides is 3. The fraction of sp³-hybridized carbons (Fsp3) is 0.526. The molecule has 1 N–H and O–H groups in total. The Balaban J connectivity index is 1.44. The van der Waals surface area contributed by atoms with E-state index in [1.807, 2.05) is 11.0 Å². The predicted molar refractivity (Wildman–Crippen MR) is 98.3 cm³/mol. The van der Waals surface area contributed by atoms with Gasteiger partial charge in [0.25, 0.3) is 0 Å². The molecule has 2 fully saturated rings. The van der Waals surface area contributed by atoms with Crippen LogP contribution >= 0.6 is 0 Å². The molecular weight excluding hydrogens is 371 g/mol. The largest absolute Gasteiger partial charge is 0.419 e. The first-order valence-corrected chi connectivity index (χ1v) is 9.45. The smallest absolute Gasteiger partial charge is 0.381 e. The van der Waals surface area contributed by atoms with E-state index < -0.39 is 11.7 Å². The summed E-state index contributed by atoms with van der Waals surface area (Å²) in [5.74, 6) is 0.874. The van der Waals surface area contributed by atoms with Crippen LogP contribution in [0.4, 0.5) is 24.9 Å². The van der Waals surface area contributed by atoms with Crippen LogP contribution in [0.15, 0.2) is 30.6 Å². The van der Waals surface area contributed by atoms with Gasteiger partial charge >= 0.3 is 6.18 Å². The number of aromatic nitrogens is 3. The van der Waals surface area contributed by atoms with Gasteiger partial charge in [0.05, 0.1) is 5.56 Å². The van der Waals surface area contributed by atoms with Gasteiger partial charge in [-0.3, -0.25) is 0 Å². The second-order valence-electron chi connectivity index (χ2n) is 7.14. The van der Waals surface area contributed by atoms with E-state index in [0.717, 1.165) is 37.8 Å². The number of ether oxygens (including phenoxy) is 1. The Labute approximate surface area is 161 Å². The Hall–Kier alpha value is -2.42. The molecule has 28 heavy (non-hydrogen) atoms. The summed E-state index contributed by atoms with van der Waals surface area (Å²) in [6.07, 6.45) is 1.27. The summed E-state index contributed by atoms with van der Waals surface area (Å²) < 4.78 is 44.9. The molecule has 0 aromatic carbocycles. The first kappa shape index (κ1) is 18.9. The standard InChI is InChI=1S/C19H22F3N5O/c20-19(21,22)15-2-1-7-23-17(15)25-14-4-9-27(12-14)18-24-8-3-16(26-18)13-5-10-28-11-6-13/h1-3,7-8,13-14H,4-6,9-12H2,(H,23,25). The van der Waals surface area contributed by atoms with Crippen LogP contribution in [0.25, 0.3) is 0 Å². The summed E-state index contributed by atoms with van der Waals surface area (Å²) >= 11 is 0. The zero-order chi connectivity index (χ0) is 19.6. The van der Waals surface area contributed by atoms with Gasteiger partial charge < -0.3 is 15.0 Å². The van der Waals surface area contributed by atoms with Crippen LogP contribution in [0.3, 0.4) is 0 Å². The Bertz CT molecular complexity index is 810. The minimum atomic E-state index is -4.43. The van der Waals surface area contributed by atoms with E-state index in [1.165, 1.54) is 12.3 Å². The lowest BCUT2D eigenvalue weighted by atomic mass is 9.96. The van der Waals surface area contributed by atoms with Crippen LogP contribution in [0.2, 0.25) is 0 Å². The van der Waals surface area contributed by atoms with Crippen LogP contribution in [0.1, 0.15) is 36.4 Å². The van der Waals surface area contributed by atoms with Crippen molar-refractivity contribution >= 4 is 11.8 Å². The highest BCUT2D eigenvalue weighted by atomic mass is 19.4. The van der Waals surface area contributed by atoms with Crippen LogP contribution in [0.5, 0.6) is 0 Å². The second-order valence-corrected chi connectivity index (χ2v) is 7.14. The molecule has 6 nitrogen and oxygen atoms in total.